The first-order valence-corrected chi connectivity index (χ1v) is 6.19. The van der Waals surface area contributed by atoms with Crippen molar-refractivity contribution in [2.24, 2.45) is 0 Å². The number of aliphatic hydroxyl groups is 1. The number of aliphatic hydroxyl groups excluding tert-OH is 1. The molecule has 2 saturated heterocycles. The summed E-state index contributed by atoms with van der Waals surface area (Å²) in [5, 5.41) is 10.0. The molecule has 7 heteroatoms. The second kappa shape index (κ2) is 5.25. The van der Waals surface area contributed by atoms with Gasteiger partial charge in [0, 0.05) is 21.3 Å². The molecular formula is C12H22O7. The monoisotopic (exact) mass is 278 g/mol. The van der Waals surface area contributed by atoms with Crippen LogP contribution in [0.4, 0.5) is 0 Å². The van der Waals surface area contributed by atoms with E-state index in [1.807, 2.05) is 0 Å². The number of hydrogen-bond donors (Lipinski definition) is 1. The van der Waals surface area contributed by atoms with Crippen LogP contribution in [0.25, 0.3) is 0 Å². The normalized spacial score (nSPS) is 50.8. The van der Waals surface area contributed by atoms with Crippen LogP contribution in [0.2, 0.25) is 0 Å². The topological polar surface area (TPSA) is 75.6 Å². The van der Waals surface area contributed by atoms with Crippen molar-refractivity contribution in [1.29, 1.82) is 0 Å². The van der Waals surface area contributed by atoms with Crippen LogP contribution in [0.5, 0.6) is 0 Å². The van der Waals surface area contributed by atoms with Crippen LogP contribution in [0, 0.1) is 0 Å². The Morgan fingerprint density at radius 3 is 2.00 bits per heavy atom. The maximum Gasteiger partial charge on any atom is 0.220 e. The van der Waals surface area contributed by atoms with E-state index in [1.165, 1.54) is 21.3 Å². The lowest BCUT2D eigenvalue weighted by Gasteiger charge is -2.55. The molecule has 2 rings (SSSR count). The maximum atomic E-state index is 10.0. The molecule has 0 unspecified atom stereocenters. The summed E-state index contributed by atoms with van der Waals surface area (Å²) in [6.07, 6.45) is -2.63. The highest BCUT2D eigenvalue weighted by Gasteiger charge is 2.60. The molecule has 1 N–H and O–H groups in total. The third-order valence-corrected chi connectivity index (χ3v) is 3.96. The molecule has 0 bridgehead atoms. The van der Waals surface area contributed by atoms with Crippen molar-refractivity contribution in [3.63, 3.8) is 0 Å². The largest absolute Gasteiger partial charge is 0.388 e. The van der Waals surface area contributed by atoms with E-state index >= 15 is 0 Å². The van der Waals surface area contributed by atoms with Gasteiger partial charge < -0.3 is 33.5 Å². The fourth-order valence-electron chi connectivity index (χ4n) is 2.43. The molecule has 2 fully saturated rings. The molecule has 0 radical (unpaired) electrons. The zero-order valence-corrected chi connectivity index (χ0v) is 11.9. The SMILES string of the molecule is CO[C@H]1OC[C@@H](O)[C@@H]2O[C@@](C)(OC)[C@](C)(OC)O[C@@H]12. The number of methoxy groups -OCH3 is 3. The van der Waals surface area contributed by atoms with Crippen molar-refractivity contribution < 1.29 is 33.5 Å². The molecule has 112 valence electrons. The molecule has 2 aliphatic heterocycles. The summed E-state index contributed by atoms with van der Waals surface area (Å²) in [6, 6.07) is 0. The van der Waals surface area contributed by atoms with Crippen LogP contribution in [0.1, 0.15) is 13.8 Å². The molecule has 2 aliphatic rings. The molecule has 0 saturated carbocycles. The third kappa shape index (κ3) is 2.29. The van der Waals surface area contributed by atoms with Crippen molar-refractivity contribution in [3.8, 4) is 0 Å². The minimum absolute atomic E-state index is 0.118. The van der Waals surface area contributed by atoms with E-state index in [2.05, 4.69) is 0 Å². The smallest absolute Gasteiger partial charge is 0.220 e. The third-order valence-electron chi connectivity index (χ3n) is 3.96. The van der Waals surface area contributed by atoms with E-state index < -0.39 is 36.2 Å². The van der Waals surface area contributed by atoms with Gasteiger partial charge in [-0.2, -0.15) is 0 Å². The standard InChI is InChI=1S/C12H22O7/c1-11(15-4)12(2,16-5)19-9-8(18-11)7(13)6-17-10(9)14-3/h7-10,13H,6H2,1-5H3/t7-,8+,9-,10+,11-,12-/m1/s1. The zero-order chi connectivity index (χ0) is 14.3. The summed E-state index contributed by atoms with van der Waals surface area (Å²) in [4.78, 5) is 0. The van der Waals surface area contributed by atoms with E-state index in [-0.39, 0.29) is 6.61 Å². The average Bonchev–Trinajstić information content (AvgIpc) is 2.41. The van der Waals surface area contributed by atoms with Crippen molar-refractivity contribution in [3.05, 3.63) is 0 Å². The summed E-state index contributed by atoms with van der Waals surface area (Å²) in [5.74, 6) is -2.28. The highest BCUT2D eigenvalue weighted by Crippen LogP contribution is 2.42. The Morgan fingerprint density at radius 1 is 1.00 bits per heavy atom. The predicted molar refractivity (Wildman–Crippen MR) is 63.3 cm³/mol. The molecule has 6 atom stereocenters. The van der Waals surface area contributed by atoms with Gasteiger partial charge in [0.25, 0.3) is 0 Å². The Hall–Kier alpha value is -0.280. The Labute approximate surface area is 112 Å². The van der Waals surface area contributed by atoms with Crippen LogP contribution >= 0.6 is 0 Å². The van der Waals surface area contributed by atoms with Gasteiger partial charge in [0.2, 0.25) is 11.6 Å². The van der Waals surface area contributed by atoms with Gasteiger partial charge in [0.15, 0.2) is 6.29 Å². The molecule has 0 aromatic carbocycles. The van der Waals surface area contributed by atoms with Crippen molar-refractivity contribution in [1.82, 2.24) is 0 Å². The number of rotatable bonds is 3. The van der Waals surface area contributed by atoms with Crippen LogP contribution in [0.3, 0.4) is 0 Å². The summed E-state index contributed by atoms with van der Waals surface area (Å²) >= 11 is 0. The van der Waals surface area contributed by atoms with Crippen molar-refractivity contribution in [2.75, 3.05) is 27.9 Å². The predicted octanol–water partition coefficient (Wildman–Crippen LogP) is -0.141. The fourth-order valence-corrected chi connectivity index (χ4v) is 2.43. The van der Waals surface area contributed by atoms with E-state index in [4.69, 9.17) is 28.4 Å². The van der Waals surface area contributed by atoms with Crippen molar-refractivity contribution in [2.45, 2.75) is 50.0 Å². The van der Waals surface area contributed by atoms with E-state index in [0.717, 1.165) is 0 Å². The lowest BCUT2D eigenvalue weighted by molar-refractivity contribution is -0.478. The van der Waals surface area contributed by atoms with Gasteiger partial charge in [0.05, 0.1) is 6.61 Å². The molecule has 0 aromatic heterocycles. The second-order valence-electron chi connectivity index (χ2n) is 4.97. The lowest BCUT2D eigenvalue weighted by atomic mass is 9.98. The van der Waals surface area contributed by atoms with Gasteiger partial charge in [-0.15, -0.1) is 0 Å². The van der Waals surface area contributed by atoms with Crippen LogP contribution in [-0.4, -0.2) is 69.2 Å². The second-order valence-corrected chi connectivity index (χ2v) is 4.97. The molecule has 2 heterocycles. The number of fused-ring (bicyclic) bond motifs is 1. The minimum Gasteiger partial charge on any atom is -0.388 e. The number of ether oxygens (including phenoxy) is 6. The average molecular weight is 278 g/mol. The van der Waals surface area contributed by atoms with E-state index in [1.54, 1.807) is 13.8 Å². The first-order chi connectivity index (χ1) is 8.90. The van der Waals surface area contributed by atoms with Gasteiger partial charge in [-0.25, -0.2) is 0 Å². The van der Waals surface area contributed by atoms with Gasteiger partial charge in [-0.1, -0.05) is 0 Å². The molecule has 19 heavy (non-hydrogen) atoms. The summed E-state index contributed by atoms with van der Waals surface area (Å²) in [6.45, 7) is 3.53. The van der Waals surface area contributed by atoms with Gasteiger partial charge in [-0.3, -0.25) is 0 Å². The maximum absolute atomic E-state index is 10.0. The highest BCUT2D eigenvalue weighted by molar-refractivity contribution is 4.96. The van der Waals surface area contributed by atoms with Crippen LogP contribution in [-0.2, 0) is 28.4 Å². The molecule has 0 amide bonds. The summed E-state index contributed by atoms with van der Waals surface area (Å²) in [5.41, 5.74) is 0. The van der Waals surface area contributed by atoms with Gasteiger partial charge in [0.1, 0.15) is 18.3 Å². The zero-order valence-electron chi connectivity index (χ0n) is 11.9. The first kappa shape index (κ1) is 15.1. The number of hydrogen-bond acceptors (Lipinski definition) is 7. The van der Waals surface area contributed by atoms with E-state index in [0.29, 0.717) is 0 Å². The van der Waals surface area contributed by atoms with Gasteiger partial charge >= 0.3 is 0 Å². The Bertz CT molecular complexity index is 325. The Balaban J connectivity index is 2.29. The highest BCUT2D eigenvalue weighted by atomic mass is 16.8. The Morgan fingerprint density at radius 2 is 1.53 bits per heavy atom. The molecular weight excluding hydrogens is 256 g/mol. The molecule has 7 nitrogen and oxygen atoms in total. The molecule has 0 spiro atoms. The van der Waals surface area contributed by atoms with E-state index in [9.17, 15) is 5.11 Å². The lowest BCUT2D eigenvalue weighted by Crippen LogP contribution is -2.71. The summed E-state index contributed by atoms with van der Waals surface area (Å²) < 4.78 is 33.2. The minimum atomic E-state index is -1.14. The van der Waals surface area contributed by atoms with Gasteiger partial charge in [-0.05, 0) is 13.8 Å². The summed E-state index contributed by atoms with van der Waals surface area (Å²) in [7, 11) is 4.51. The molecule has 0 aromatic rings. The van der Waals surface area contributed by atoms with Crippen molar-refractivity contribution >= 4 is 0 Å². The van der Waals surface area contributed by atoms with Crippen LogP contribution in [0.15, 0.2) is 0 Å². The first-order valence-electron chi connectivity index (χ1n) is 6.19. The fraction of sp³-hybridized carbons (Fsp3) is 1.00. The quantitative estimate of drug-likeness (QED) is 0.770. The van der Waals surface area contributed by atoms with Crippen LogP contribution < -0.4 is 0 Å². The molecule has 0 aliphatic carbocycles. The Kier molecular flexibility index (Phi) is 4.18.